The van der Waals surface area contributed by atoms with Crippen LogP contribution in [0.5, 0.6) is 0 Å². The molecule has 0 radical (unpaired) electrons. The van der Waals surface area contributed by atoms with Crippen LogP contribution in [0.2, 0.25) is 0 Å². The zero-order chi connectivity index (χ0) is 70.0. The molecule has 0 heterocycles. The number of carboxylic acid groups (broad SMARTS) is 2. The van der Waals surface area contributed by atoms with Crippen molar-refractivity contribution in [1.29, 1.82) is 0 Å². The molecule has 39 heteroatoms. The molecule has 10 amide bonds. The molecule has 0 aromatic heterocycles. The molecule has 0 saturated carbocycles. The third kappa shape index (κ3) is 36.9. The van der Waals surface area contributed by atoms with Crippen molar-refractivity contribution in [1.82, 2.24) is 52.8 Å². The Labute approximate surface area is 533 Å². The van der Waals surface area contributed by atoms with Crippen molar-refractivity contribution in [2.75, 3.05) is 52.9 Å². The lowest BCUT2D eigenvalue weighted by Gasteiger charge is -2.28. The predicted molar refractivity (Wildman–Crippen MR) is 340 cm³/mol. The zero-order valence-corrected chi connectivity index (χ0v) is 52.9. The average molecular weight is 1310 g/mol. The SMILES string of the molecule is C[C@H](N)C(=O)N[C@@H](C)C(=O)N[C@@H](C)C(=O)N[C@@H](CCC(=O)O)C(=O)N[C@@H](CCCN=C(N)N)C(=O)N[C@@H](CCCN=C(N)N)C(=O)N[C@@H](CCCN=C(N)N)C(=O)N[C@@H](CCCCN)C(=O)N[C@@H](CCCCN)C(=O)N[C@@H](CCCN=C(N)N)C(=O)N(C)CC(=O)O. The Morgan fingerprint density at radius 2 is 0.620 bits per heavy atom. The molecule has 33 N–H and O–H groups in total. The number of nitrogens with one attached hydrogen (secondary N) is 9. The van der Waals surface area contributed by atoms with Crippen molar-refractivity contribution in [3.63, 3.8) is 0 Å². The number of carboxylic acids is 2. The number of likely N-dealkylation sites (N-methyl/N-ethyl adjacent to an activating group) is 1. The Hall–Kier alpha value is -9.40. The number of amides is 10. The van der Waals surface area contributed by atoms with Crippen molar-refractivity contribution in [2.45, 2.75) is 184 Å². The van der Waals surface area contributed by atoms with Crippen molar-refractivity contribution >= 4 is 94.8 Å². The number of aliphatic imine (C=N–C) groups is 4. The van der Waals surface area contributed by atoms with Crippen LogP contribution in [0.4, 0.5) is 0 Å². The van der Waals surface area contributed by atoms with Crippen LogP contribution in [0.15, 0.2) is 20.0 Å². The molecule has 522 valence electrons. The zero-order valence-electron chi connectivity index (χ0n) is 52.9. The molecular formula is C53H101N25O14. The van der Waals surface area contributed by atoms with Crippen LogP contribution in [-0.2, 0) is 57.5 Å². The molecule has 0 aliphatic rings. The van der Waals surface area contributed by atoms with Crippen molar-refractivity contribution < 1.29 is 67.7 Å². The highest BCUT2D eigenvalue weighted by molar-refractivity contribution is 5.99. The Balaban J connectivity index is 7.43. The van der Waals surface area contributed by atoms with Gasteiger partial charge in [-0.25, -0.2) is 0 Å². The van der Waals surface area contributed by atoms with Gasteiger partial charge in [-0.2, -0.15) is 0 Å². The van der Waals surface area contributed by atoms with Gasteiger partial charge in [-0.05, 0) is 130 Å². The summed E-state index contributed by atoms with van der Waals surface area (Å²) in [5.41, 5.74) is 61.3. The first-order valence-electron chi connectivity index (χ1n) is 30.0. The number of hydrogen-bond acceptors (Lipinski definition) is 19. The smallest absolute Gasteiger partial charge is 0.323 e. The van der Waals surface area contributed by atoms with Gasteiger partial charge in [0, 0.05) is 39.6 Å². The highest BCUT2D eigenvalue weighted by atomic mass is 16.4. The van der Waals surface area contributed by atoms with Gasteiger partial charge in [0.2, 0.25) is 59.1 Å². The Morgan fingerprint density at radius 1 is 0.359 bits per heavy atom. The van der Waals surface area contributed by atoms with E-state index in [0.29, 0.717) is 19.3 Å². The van der Waals surface area contributed by atoms with E-state index in [1.807, 2.05) is 0 Å². The fraction of sp³-hybridized carbons (Fsp3) is 0.698. The first-order chi connectivity index (χ1) is 43.2. The maximum atomic E-state index is 14.6. The lowest BCUT2D eigenvalue weighted by molar-refractivity contribution is -0.145. The second-order valence-electron chi connectivity index (χ2n) is 21.6. The third-order valence-corrected chi connectivity index (χ3v) is 13.4. The molecule has 0 spiro atoms. The molecule has 10 atom stereocenters. The molecule has 39 nitrogen and oxygen atoms in total. The van der Waals surface area contributed by atoms with E-state index in [2.05, 4.69) is 67.8 Å². The number of guanidine groups is 4. The van der Waals surface area contributed by atoms with Crippen LogP contribution in [0, 0.1) is 0 Å². The van der Waals surface area contributed by atoms with E-state index in [1.165, 1.54) is 27.8 Å². The maximum absolute atomic E-state index is 14.6. The van der Waals surface area contributed by atoms with E-state index >= 15 is 0 Å². The van der Waals surface area contributed by atoms with E-state index in [-0.39, 0.29) is 134 Å². The van der Waals surface area contributed by atoms with Gasteiger partial charge in [-0.3, -0.25) is 77.5 Å². The van der Waals surface area contributed by atoms with Gasteiger partial charge < -0.3 is 126 Å². The van der Waals surface area contributed by atoms with Crippen LogP contribution in [0.3, 0.4) is 0 Å². The normalized spacial score (nSPS) is 14.0. The third-order valence-electron chi connectivity index (χ3n) is 13.4. The summed E-state index contributed by atoms with van der Waals surface area (Å²) in [5, 5.41) is 41.7. The molecule has 0 aromatic rings. The van der Waals surface area contributed by atoms with Crippen molar-refractivity contribution in [2.24, 2.45) is 83.0 Å². The molecule has 0 bridgehead atoms. The molecule has 0 aliphatic heterocycles. The van der Waals surface area contributed by atoms with Gasteiger partial charge in [-0.15, -0.1) is 0 Å². The summed E-state index contributed by atoms with van der Waals surface area (Å²) >= 11 is 0. The van der Waals surface area contributed by atoms with E-state index in [0.717, 1.165) is 4.90 Å². The van der Waals surface area contributed by atoms with E-state index in [4.69, 9.17) is 63.1 Å². The van der Waals surface area contributed by atoms with Crippen LogP contribution < -0.4 is 111 Å². The minimum absolute atomic E-state index is 0.00980. The summed E-state index contributed by atoms with van der Waals surface area (Å²) in [6, 6.07) is -13.9. The van der Waals surface area contributed by atoms with Crippen LogP contribution >= 0.6 is 0 Å². The number of carbonyl (C=O) groups is 12. The van der Waals surface area contributed by atoms with Gasteiger partial charge >= 0.3 is 11.9 Å². The van der Waals surface area contributed by atoms with E-state index in [1.54, 1.807) is 0 Å². The number of rotatable bonds is 48. The summed E-state index contributed by atoms with van der Waals surface area (Å²) in [6.45, 7) is 3.50. The van der Waals surface area contributed by atoms with Crippen LogP contribution in [0.1, 0.15) is 124 Å². The highest BCUT2D eigenvalue weighted by Crippen LogP contribution is 2.12. The van der Waals surface area contributed by atoms with Crippen LogP contribution in [0.25, 0.3) is 0 Å². The fourth-order valence-electron chi connectivity index (χ4n) is 8.43. The monoisotopic (exact) mass is 1310 g/mol. The minimum atomic E-state index is -1.65. The molecule has 92 heavy (non-hydrogen) atoms. The standard InChI is InChI=1S/C53H101N25O14/c1-28(56)40(83)69-29(2)41(84)70-30(3)42(85)71-36(19-20-38(79)80)48(91)76-35(17-11-25-67-52(61)62)46(89)75-34(16-10-24-66-51(59)60)45(88)74-33(15-9-23-65-50(57)58)44(87)72-31(13-5-7-21-54)43(86)73-32(14-6-8-22-55)47(90)77-37(18-12-26-68-53(63)64)49(92)78(4)27-39(81)82/h28-37H,5-27,54-56H2,1-4H3,(H,69,83)(H,70,84)(H,71,85)(H,72,87)(H,73,86)(H,74,88)(H,75,89)(H,76,91)(H,77,90)(H,79,80)(H,81,82)(H4,57,58,65)(H4,59,60,66)(H4,61,62,67)(H4,63,64,68)/t28-,29-,30-,31-,32-,33-,34-,35-,36-,37-/m0/s1. The summed E-state index contributed by atoms with van der Waals surface area (Å²) in [7, 11) is 1.23. The molecule has 0 aliphatic carbocycles. The van der Waals surface area contributed by atoms with E-state index in [9.17, 15) is 67.7 Å². The lowest BCUT2D eigenvalue weighted by Crippen LogP contribution is -2.60. The van der Waals surface area contributed by atoms with Crippen molar-refractivity contribution in [3.05, 3.63) is 0 Å². The minimum Gasteiger partial charge on any atom is -0.481 e. The highest BCUT2D eigenvalue weighted by Gasteiger charge is 2.35. The van der Waals surface area contributed by atoms with Gasteiger partial charge in [0.25, 0.3) is 0 Å². The van der Waals surface area contributed by atoms with Gasteiger partial charge in [0.05, 0.1) is 6.04 Å². The van der Waals surface area contributed by atoms with Gasteiger partial charge in [0.1, 0.15) is 60.9 Å². The Bertz CT molecular complexity index is 2540. The molecule has 0 saturated heterocycles. The first kappa shape index (κ1) is 82.6. The predicted octanol–water partition coefficient (Wildman–Crippen LogP) is -9.38. The average Bonchev–Trinajstić information content (AvgIpc) is 1.10. The maximum Gasteiger partial charge on any atom is 0.323 e. The second kappa shape index (κ2) is 45.8. The van der Waals surface area contributed by atoms with E-state index < -0.39 is 151 Å². The summed E-state index contributed by atoms with van der Waals surface area (Å²) in [5.74, 6) is -12.7. The first-order valence-corrected chi connectivity index (χ1v) is 30.0. The number of nitrogens with zero attached hydrogens (tertiary/aromatic N) is 5. The quantitative estimate of drug-likeness (QED) is 0.0153. The van der Waals surface area contributed by atoms with Crippen LogP contribution in [-0.4, -0.2) is 223 Å². The summed E-state index contributed by atoms with van der Waals surface area (Å²) in [4.78, 5) is 178. The molecule has 0 aromatic carbocycles. The molecule has 0 unspecified atom stereocenters. The number of nitrogens with two attached hydrogens (primary N) is 11. The Morgan fingerprint density at radius 3 is 0.902 bits per heavy atom. The topological polar surface area (TPSA) is 692 Å². The summed E-state index contributed by atoms with van der Waals surface area (Å²) in [6.07, 6.45) is -0.413. The Kier molecular flexibility index (Phi) is 41.1. The number of unbranched alkanes of at least 4 members (excludes halogenated alkanes) is 2. The largest absolute Gasteiger partial charge is 0.481 e. The molecule has 0 fully saturated rings. The number of hydrogen-bond donors (Lipinski definition) is 22. The molecule has 0 rings (SSSR count). The summed E-state index contributed by atoms with van der Waals surface area (Å²) < 4.78 is 0. The molecular weight excluding hydrogens is 1210 g/mol. The van der Waals surface area contributed by atoms with Gasteiger partial charge in [-0.1, -0.05) is 0 Å². The number of aliphatic carboxylic acids is 2. The lowest BCUT2D eigenvalue weighted by atomic mass is 10.0. The van der Waals surface area contributed by atoms with Gasteiger partial charge in [0.15, 0.2) is 23.8 Å². The van der Waals surface area contributed by atoms with Crippen molar-refractivity contribution in [3.8, 4) is 0 Å². The fourth-order valence-corrected chi connectivity index (χ4v) is 8.43. The second-order valence-corrected chi connectivity index (χ2v) is 21.6. The number of carbonyl (C=O) groups excluding carboxylic acids is 10.